The number of nitrogens with zero attached hydrogens (tertiary/aromatic N) is 2. The Bertz CT molecular complexity index is 924. The van der Waals surface area contributed by atoms with E-state index in [-0.39, 0.29) is 5.92 Å². The predicted octanol–water partition coefficient (Wildman–Crippen LogP) is 5.24. The standard InChI is InChI=1S/C27H39N3O/c1-3-4-14-30-18-19-16-25-23(22-12-9-13-24(30)26(19)22)15-20(17-29(25)2)27(31)28-21-10-7-5-6-8-11-21/h9,12-13,18,20-21,23,25H,3-8,10-11,14-17H2,1-2H3,(H,28,31)/t20-,23-,25-/m1/s1. The van der Waals surface area contributed by atoms with E-state index in [0.717, 1.165) is 38.8 Å². The van der Waals surface area contributed by atoms with Crippen LogP contribution in [0.1, 0.15) is 81.8 Å². The Morgan fingerprint density at radius 1 is 1.16 bits per heavy atom. The van der Waals surface area contributed by atoms with Crippen LogP contribution >= 0.6 is 0 Å². The maximum Gasteiger partial charge on any atom is 0.224 e. The second kappa shape index (κ2) is 8.97. The van der Waals surface area contributed by atoms with Gasteiger partial charge in [-0.2, -0.15) is 0 Å². The topological polar surface area (TPSA) is 37.3 Å². The van der Waals surface area contributed by atoms with Crippen molar-refractivity contribution in [2.45, 2.75) is 95.7 Å². The van der Waals surface area contributed by atoms with Crippen molar-refractivity contribution in [3.63, 3.8) is 0 Å². The van der Waals surface area contributed by atoms with Crippen LogP contribution in [0.15, 0.2) is 24.4 Å². The van der Waals surface area contributed by atoms with Gasteiger partial charge in [0, 0.05) is 48.2 Å². The van der Waals surface area contributed by atoms with Crippen molar-refractivity contribution in [2.75, 3.05) is 13.6 Å². The van der Waals surface area contributed by atoms with Gasteiger partial charge in [0.05, 0.1) is 5.92 Å². The number of likely N-dealkylation sites (N-methyl/N-ethyl adjacent to an activating group) is 1. The number of aryl methyl sites for hydroxylation is 1. The molecule has 4 nitrogen and oxygen atoms in total. The first-order valence-corrected chi connectivity index (χ1v) is 12.8. The summed E-state index contributed by atoms with van der Waals surface area (Å²) in [5.41, 5.74) is 4.39. The highest BCUT2D eigenvalue weighted by Gasteiger charge is 2.41. The summed E-state index contributed by atoms with van der Waals surface area (Å²) in [5.74, 6) is 0.867. The van der Waals surface area contributed by atoms with Crippen molar-refractivity contribution in [2.24, 2.45) is 5.92 Å². The molecule has 4 heteroatoms. The van der Waals surface area contributed by atoms with Gasteiger partial charge in [-0.05, 0) is 56.3 Å². The highest BCUT2D eigenvalue weighted by molar-refractivity contribution is 5.89. The van der Waals surface area contributed by atoms with E-state index < -0.39 is 0 Å². The SMILES string of the molecule is CCCCn1cc2c3c(cccc31)[C@H]1C[C@@H](C(=O)NC3CCCCCC3)CN(C)[C@@H]1C2. The number of benzene rings is 1. The Kier molecular flexibility index (Phi) is 6.10. The first-order chi connectivity index (χ1) is 15.2. The lowest BCUT2D eigenvalue weighted by atomic mass is 9.72. The summed E-state index contributed by atoms with van der Waals surface area (Å²) in [7, 11) is 2.24. The molecule has 2 aliphatic carbocycles. The molecule has 168 valence electrons. The van der Waals surface area contributed by atoms with Gasteiger partial charge in [-0.1, -0.05) is 51.2 Å². The largest absolute Gasteiger partial charge is 0.353 e. The fourth-order valence-corrected chi connectivity index (χ4v) is 6.56. The van der Waals surface area contributed by atoms with Crippen LogP contribution in [0.25, 0.3) is 10.9 Å². The molecule has 1 amide bonds. The summed E-state index contributed by atoms with van der Waals surface area (Å²) in [4.78, 5) is 15.7. The Morgan fingerprint density at radius 2 is 1.97 bits per heavy atom. The van der Waals surface area contributed by atoms with Crippen molar-refractivity contribution >= 4 is 16.8 Å². The summed E-state index contributed by atoms with van der Waals surface area (Å²) in [6.07, 6.45) is 14.5. The number of unbranched alkanes of at least 4 members (excludes halogenated alkanes) is 1. The fraction of sp³-hybridized carbons (Fsp3) is 0.667. The van der Waals surface area contributed by atoms with Gasteiger partial charge in [0.2, 0.25) is 5.91 Å². The average molecular weight is 422 g/mol. The molecule has 1 aromatic carbocycles. The summed E-state index contributed by atoms with van der Waals surface area (Å²) >= 11 is 0. The number of likely N-dealkylation sites (tertiary alicyclic amines) is 1. The van der Waals surface area contributed by atoms with Gasteiger partial charge in [0.25, 0.3) is 0 Å². The van der Waals surface area contributed by atoms with Gasteiger partial charge in [0.1, 0.15) is 0 Å². The quantitative estimate of drug-likeness (QED) is 0.670. The predicted molar refractivity (Wildman–Crippen MR) is 127 cm³/mol. The van der Waals surface area contributed by atoms with Gasteiger partial charge in [-0.15, -0.1) is 0 Å². The average Bonchev–Trinajstić information content (AvgIpc) is 2.94. The summed E-state index contributed by atoms with van der Waals surface area (Å²) in [6.45, 7) is 4.26. The highest BCUT2D eigenvalue weighted by Crippen LogP contribution is 2.45. The molecule has 1 aliphatic heterocycles. The third kappa shape index (κ3) is 4.04. The Balaban J connectivity index is 1.38. The number of amides is 1. The number of rotatable bonds is 5. The van der Waals surface area contributed by atoms with E-state index in [2.05, 4.69) is 53.2 Å². The number of hydrogen-bond donors (Lipinski definition) is 1. The van der Waals surface area contributed by atoms with E-state index in [1.807, 2.05) is 0 Å². The van der Waals surface area contributed by atoms with Crippen LogP contribution in [0.2, 0.25) is 0 Å². The first-order valence-electron chi connectivity index (χ1n) is 12.8. The van der Waals surface area contributed by atoms with E-state index in [4.69, 9.17) is 0 Å². The molecule has 3 aliphatic rings. The maximum absolute atomic E-state index is 13.3. The van der Waals surface area contributed by atoms with Crippen LogP contribution in [0.3, 0.4) is 0 Å². The van der Waals surface area contributed by atoms with Crippen molar-refractivity contribution < 1.29 is 4.79 Å². The second-order valence-corrected chi connectivity index (χ2v) is 10.4. The zero-order valence-corrected chi connectivity index (χ0v) is 19.4. The normalized spacial score (nSPS) is 27.1. The third-order valence-corrected chi connectivity index (χ3v) is 8.25. The Labute approximate surface area is 187 Å². The van der Waals surface area contributed by atoms with Crippen LogP contribution in [0.5, 0.6) is 0 Å². The molecule has 2 aromatic rings. The molecule has 0 spiro atoms. The lowest BCUT2D eigenvalue weighted by Gasteiger charge is -2.45. The molecule has 2 heterocycles. The Hall–Kier alpha value is -1.81. The van der Waals surface area contributed by atoms with E-state index in [0.29, 0.717) is 23.9 Å². The minimum Gasteiger partial charge on any atom is -0.353 e. The molecular weight excluding hydrogens is 382 g/mol. The fourth-order valence-electron chi connectivity index (χ4n) is 6.56. The highest BCUT2D eigenvalue weighted by atomic mass is 16.2. The summed E-state index contributed by atoms with van der Waals surface area (Å²) in [5, 5.41) is 4.93. The molecule has 31 heavy (non-hydrogen) atoms. The summed E-state index contributed by atoms with van der Waals surface area (Å²) in [6, 6.07) is 7.78. The minimum absolute atomic E-state index is 0.105. The van der Waals surface area contributed by atoms with E-state index in [9.17, 15) is 4.79 Å². The van der Waals surface area contributed by atoms with E-state index in [1.165, 1.54) is 60.6 Å². The first kappa shape index (κ1) is 21.1. The number of aromatic nitrogens is 1. The zero-order valence-electron chi connectivity index (χ0n) is 19.4. The van der Waals surface area contributed by atoms with Crippen LogP contribution < -0.4 is 5.32 Å². The van der Waals surface area contributed by atoms with Gasteiger partial charge in [-0.3, -0.25) is 4.79 Å². The lowest BCUT2D eigenvalue weighted by molar-refractivity contribution is -0.128. The zero-order chi connectivity index (χ0) is 21.4. The summed E-state index contributed by atoms with van der Waals surface area (Å²) < 4.78 is 2.48. The van der Waals surface area contributed by atoms with Crippen molar-refractivity contribution in [1.82, 2.24) is 14.8 Å². The second-order valence-electron chi connectivity index (χ2n) is 10.4. The monoisotopic (exact) mass is 421 g/mol. The molecule has 1 saturated carbocycles. The molecule has 0 radical (unpaired) electrons. The molecule has 3 atom stereocenters. The molecule has 1 aromatic heterocycles. The molecule has 1 N–H and O–H groups in total. The van der Waals surface area contributed by atoms with Crippen LogP contribution in [0, 0.1) is 5.92 Å². The van der Waals surface area contributed by atoms with Crippen molar-refractivity contribution in [3.8, 4) is 0 Å². The van der Waals surface area contributed by atoms with Crippen LogP contribution in [-0.4, -0.2) is 41.1 Å². The van der Waals surface area contributed by atoms with Gasteiger partial charge < -0.3 is 14.8 Å². The van der Waals surface area contributed by atoms with Crippen LogP contribution in [0.4, 0.5) is 0 Å². The number of fused-ring (bicyclic) bond motifs is 2. The maximum atomic E-state index is 13.3. The van der Waals surface area contributed by atoms with E-state index in [1.54, 1.807) is 0 Å². The molecule has 0 bridgehead atoms. The number of nitrogens with one attached hydrogen (secondary N) is 1. The van der Waals surface area contributed by atoms with Crippen LogP contribution in [-0.2, 0) is 17.8 Å². The number of hydrogen-bond acceptors (Lipinski definition) is 2. The lowest BCUT2D eigenvalue weighted by Crippen LogP contribution is -2.52. The number of carbonyl (C=O) groups is 1. The van der Waals surface area contributed by atoms with Gasteiger partial charge >= 0.3 is 0 Å². The number of carbonyl (C=O) groups excluding carboxylic acids is 1. The molecule has 2 fully saturated rings. The minimum atomic E-state index is 0.105. The Morgan fingerprint density at radius 3 is 2.74 bits per heavy atom. The molecule has 1 saturated heterocycles. The molecular formula is C27H39N3O. The van der Waals surface area contributed by atoms with Gasteiger partial charge in [0.15, 0.2) is 0 Å². The third-order valence-electron chi connectivity index (χ3n) is 8.25. The van der Waals surface area contributed by atoms with Crippen molar-refractivity contribution in [3.05, 3.63) is 35.5 Å². The smallest absolute Gasteiger partial charge is 0.224 e. The van der Waals surface area contributed by atoms with Crippen molar-refractivity contribution in [1.29, 1.82) is 0 Å². The van der Waals surface area contributed by atoms with Gasteiger partial charge in [-0.25, -0.2) is 0 Å². The number of piperidine rings is 1. The molecule has 0 unspecified atom stereocenters. The van der Waals surface area contributed by atoms with E-state index >= 15 is 0 Å². The molecule has 5 rings (SSSR count).